The summed E-state index contributed by atoms with van der Waals surface area (Å²) < 4.78 is 17.0. The Bertz CT molecular complexity index is 545. The smallest absolute Gasteiger partial charge is 0.359 e. The summed E-state index contributed by atoms with van der Waals surface area (Å²) in [7, 11) is -3.88. The Labute approximate surface area is 110 Å². The summed E-state index contributed by atoms with van der Waals surface area (Å²) in [6, 6.07) is 4.28. The maximum Gasteiger partial charge on any atom is 0.359 e. The third-order valence-corrected chi connectivity index (χ3v) is 4.74. The normalized spacial score (nSPS) is 21.5. The van der Waals surface area contributed by atoms with Crippen LogP contribution in [0.2, 0.25) is 0 Å². The lowest BCUT2D eigenvalue weighted by Gasteiger charge is -2.26. The lowest BCUT2D eigenvalue weighted by Crippen LogP contribution is -2.43. The van der Waals surface area contributed by atoms with E-state index in [-0.39, 0.29) is 18.3 Å². The molecule has 0 spiro atoms. The minimum absolute atomic E-state index is 0.123. The summed E-state index contributed by atoms with van der Waals surface area (Å²) in [5, 5.41) is 12.1. The molecule has 0 aromatic heterocycles. The van der Waals surface area contributed by atoms with Gasteiger partial charge in [-0.2, -0.15) is 0 Å². The molecule has 104 valence electrons. The highest BCUT2D eigenvalue weighted by Crippen LogP contribution is 2.42. The zero-order valence-corrected chi connectivity index (χ0v) is 11.4. The van der Waals surface area contributed by atoms with Crippen LogP contribution in [0, 0.1) is 0 Å². The van der Waals surface area contributed by atoms with Crippen molar-refractivity contribution in [2.75, 3.05) is 6.61 Å². The fourth-order valence-electron chi connectivity index (χ4n) is 2.22. The number of nitrogens with one attached hydrogen (secondary N) is 1. The highest BCUT2D eigenvalue weighted by Gasteiger charge is 2.32. The number of carbonyl (C=O) groups is 1. The van der Waals surface area contributed by atoms with Crippen LogP contribution < -0.4 is 10.6 Å². The Hall–Kier alpha value is -1.20. The maximum atomic E-state index is 12.1. The van der Waals surface area contributed by atoms with Gasteiger partial charge in [-0.05, 0) is 30.5 Å². The number of carboxylic acids is 1. The van der Waals surface area contributed by atoms with E-state index in [1.807, 2.05) is 6.07 Å². The first-order valence-corrected chi connectivity index (χ1v) is 7.58. The SMILES string of the molecule is CCOP(=O)(O)c1cccc2c1CC(C(=O)O)NC2. The van der Waals surface area contributed by atoms with Crippen LogP contribution in [0.15, 0.2) is 18.2 Å². The third-order valence-electron chi connectivity index (χ3n) is 3.10. The lowest BCUT2D eigenvalue weighted by atomic mass is 9.96. The van der Waals surface area contributed by atoms with Gasteiger partial charge in [0.15, 0.2) is 0 Å². The van der Waals surface area contributed by atoms with Crippen molar-refractivity contribution < 1.29 is 23.9 Å². The van der Waals surface area contributed by atoms with Crippen molar-refractivity contribution in [1.82, 2.24) is 5.32 Å². The van der Waals surface area contributed by atoms with Crippen molar-refractivity contribution in [3.8, 4) is 0 Å². The van der Waals surface area contributed by atoms with Crippen LogP contribution in [-0.4, -0.2) is 28.6 Å². The molecule has 2 rings (SSSR count). The molecule has 0 fully saturated rings. The fraction of sp³-hybridized carbons (Fsp3) is 0.417. The van der Waals surface area contributed by atoms with E-state index in [1.165, 1.54) is 6.07 Å². The van der Waals surface area contributed by atoms with Crippen molar-refractivity contribution in [1.29, 1.82) is 0 Å². The first kappa shape index (κ1) is 14.2. The monoisotopic (exact) mass is 285 g/mol. The zero-order valence-electron chi connectivity index (χ0n) is 10.5. The molecule has 19 heavy (non-hydrogen) atoms. The molecule has 1 heterocycles. The Kier molecular flexibility index (Phi) is 4.06. The second kappa shape index (κ2) is 5.43. The summed E-state index contributed by atoms with van der Waals surface area (Å²) in [5.41, 5.74) is 1.44. The first-order chi connectivity index (χ1) is 8.95. The Balaban J connectivity index is 2.43. The number of aliphatic carboxylic acids is 1. The summed E-state index contributed by atoms with van der Waals surface area (Å²) in [5.74, 6) is -0.968. The highest BCUT2D eigenvalue weighted by molar-refractivity contribution is 7.61. The predicted octanol–water partition coefficient (Wildman–Crippen LogP) is 0.633. The van der Waals surface area contributed by atoms with Crippen molar-refractivity contribution in [2.24, 2.45) is 0 Å². The van der Waals surface area contributed by atoms with Crippen molar-refractivity contribution in [3.05, 3.63) is 29.3 Å². The number of rotatable bonds is 4. The predicted molar refractivity (Wildman–Crippen MR) is 69.5 cm³/mol. The van der Waals surface area contributed by atoms with E-state index in [4.69, 9.17) is 9.63 Å². The number of hydrogen-bond donors (Lipinski definition) is 3. The summed E-state index contributed by atoms with van der Waals surface area (Å²) >= 11 is 0. The van der Waals surface area contributed by atoms with Crippen LogP contribution in [0.3, 0.4) is 0 Å². The number of carboxylic acid groups (broad SMARTS) is 1. The summed E-state index contributed by atoms with van der Waals surface area (Å²) in [6.07, 6.45) is 0.179. The van der Waals surface area contributed by atoms with Crippen LogP contribution in [0.5, 0.6) is 0 Å². The quantitative estimate of drug-likeness (QED) is 0.702. The van der Waals surface area contributed by atoms with Crippen molar-refractivity contribution in [2.45, 2.75) is 25.9 Å². The van der Waals surface area contributed by atoms with Gasteiger partial charge in [-0.1, -0.05) is 12.1 Å². The number of hydrogen-bond acceptors (Lipinski definition) is 4. The van der Waals surface area contributed by atoms with Gasteiger partial charge in [-0.15, -0.1) is 0 Å². The Morgan fingerprint density at radius 2 is 2.32 bits per heavy atom. The van der Waals surface area contributed by atoms with Gasteiger partial charge in [0.25, 0.3) is 0 Å². The molecule has 2 unspecified atom stereocenters. The minimum atomic E-state index is -3.88. The van der Waals surface area contributed by atoms with E-state index in [9.17, 15) is 14.3 Å². The van der Waals surface area contributed by atoms with Gasteiger partial charge in [0.1, 0.15) is 6.04 Å². The van der Waals surface area contributed by atoms with Crippen molar-refractivity contribution in [3.63, 3.8) is 0 Å². The Morgan fingerprint density at radius 1 is 1.58 bits per heavy atom. The van der Waals surface area contributed by atoms with E-state index in [1.54, 1.807) is 13.0 Å². The molecule has 7 heteroatoms. The van der Waals surface area contributed by atoms with Crippen LogP contribution in [0.4, 0.5) is 0 Å². The molecule has 1 aromatic rings. The molecule has 0 saturated carbocycles. The molecule has 1 aliphatic heterocycles. The third kappa shape index (κ3) is 2.87. The lowest BCUT2D eigenvalue weighted by molar-refractivity contribution is -0.139. The molecular formula is C12H16NO5P. The summed E-state index contributed by atoms with van der Waals surface area (Å²) in [4.78, 5) is 21.0. The van der Waals surface area contributed by atoms with E-state index >= 15 is 0 Å². The van der Waals surface area contributed by atoms with Crippen molar-refractivity contribution >= 4 is 18.9 Å². The molecule has 1 aromatic carbocycles. The molecule has 0 radical (unpaired) electrons. The highest BCUT2D eigenvalue weighted by atomic mass is 31.2. The van der Waals surface area contributed by atoms with E-state index in [0.717, 1.165) is 5.56 Å². The van der Waals surface area contributed by atoms with Crippen LogP contribution >= 0.6 is 7.60 Å². The Morgan fingerprint density at radius 3 is 2.95 bits per heavy atom. The fourth-order valence-corrected chi connectivity index (χ4v) is 3.56. The molecule has 0 amide bonds. The zero-order chi connectivity index (χ0) is 14.0. The van der Waals surface area contributed by atoms with Gasteiger partial charge in [0.05, 0.1) is 11.9 Å². The second-order valence-corrected chi connectivity index (χ2v) is 6.11. The van der Waals surface area contributed by atoms with Gasteiger partial charge in [-0.25, -0.2) is 0 Å². The topological polar surface area (TPSA) is 95.9 Å². The molecule has 1 aliphatic rings. The molecule has 6 nitrogen and oxygen atoms in total. The van der Waals surface area contributed by atoms with Gasteiger partial charge >= 0.3 is 13.6 Å². The van der Waals surface area contributed by atoms with Gasteiger partial charge in [0, 0.05) is 6.54 Å². The van der Waals surface area contributed by atoms with Gasteiger partial charge in [-0.3, -0.25) is 9.36 Å². The average Bonchev–Trinajstić information content (AvgIpc) is 2.37. The molecular weight excluding hydrogens is 269 g/mol. The average molecular weight is 285 g/mol. The standard InChI is InChI=1S/C12H16NO5P/c1-2-18-19(16,17)11-5-3-4-8-7-13-10(12(14)15)6-9(8)11/h3-5,10,13H,2,6-7H2,1H3,(H,14,15)(H,16,17). The minimum Gasteiger partial charge on any atom is -0.480 e. The molecule has 0 saturated heterocycles. The van der Waals surface area contributed by atoms with Crippen LogP contribution in [0.1, 0.15) is 18.1 Å². The molecule has 0 bridgehead atoms. The first-order valence-electron chi connectivity index (χ1n) is 6.00. The second-order valence-electron chi connectivity index (χ2n) is 4.33. The van der Waals surface area contributed by atoms with E-state index < -0.39 is 19.6 Å². The maximum absolute atomic E-state index is 12.1. The van der Waals surface area contributed by atoms with Crippen LogP contribution in [-0.2, 0) is 26.8 Å². The van der Waals surface area contributed by atoms with Gasteiger partial charge < -0.3 is 19.8 Å². The van der Waals surface area contributed by atoms with Gasteiger partial charge in [0.2, 0.25) is 0 Å². The summed E-state index contributed by atoms with van der Waals surface area (Å²) in [6.45, 7) is 2.13. The van der Waals surface area contributed by atoms with Crippen LogP contribution in [0.25, 0.3) is 0 Å². The van der Waals surface area contributed by atoms with E-state index in [2.05, 4.69) is 5.32 Å². The molecule has 2 atom stereocenters. The largest absolute Gasteiger partial charge is 0.480 e. The van der Waals surface area contributed by atoms with E-state index in [0.29, 0.717) is 12.1 Å². The molecule has 0 aliphatic carbocycles. The molecule has 3 N–H and O–H groups in total. The number of fused-ring (bicyclic) bond motifs is 1. The number of benzene rings is 1.